The molecule has 98 valence electrons. The summed E-state index contributed by atoms with van der Waals surface area (Å²) in [6, 6.07) is -1.46. The molecule has 0 aromatic carbocycles. The maximum Gasteiger partial charge on any atom is 0.471 e. The van der Waals surface area contributed by atoms with E-state index < -0.39 is 24.1 Å². The Morgan fingerprint density at radius 2 is 2.00 bits per heavy atom. The van der Waals surface area contributed by atoms with Crippen molar-refractivity contribution in [1.82, 2.24) is 5.32 Å². The van der Waals surface area contributed by atoms with Crippen LogP contribution in [0.25, 0.3) is 0 Å². The Kier molecular flexibility index (Phi) is 6.22. The molecule has 0 aromatic heterocycles. The number of amides is 1. The van der Waals surface area contributed by atoms with Crippen molar-refractivity contribution in [1.29, 1.82) is 0 Å². The second-order valence-corrected chi connectivity index (χ2v) is 3.02. The highest BCUT2D eigenvalue weighted by Gasteiger charge is 2.40. The molecule has 0 fully saturated rings. The van der Waals surface area contributed by atoms with Crippen molar-refractivity contribution < 1.29 is 32.3 Å². The van der Waals surface area contributed by atoms with Crippen molar-refractivity contribution in [2.45, 2.75) is 32.0 Å². The zero-order chi connectivity index (χ0) is 13.5. The first-order valence-electron chi connectivity index (χ1n) is 4.80. The van der Waals surface area contributed by atoms with Crippen molar-refractivity contribution >= 4 is 18.2 Å². The summed E-state index contributed by atoms with van der Waals surface area (Å²) in [6.45, 7) is 1.44. The zero-order valence-electron chi connectivity index (χ0n) is 9.04. The molecular weight excluding hydrogens is 243 g/mol. The molecule has 0 saturated heterocycles. The molecule has 0 spiro atoms. The first kappa shape index (κ1) is 15.4. The van der Waals surface area contributed by atoms with Gasteiger partial charge in [-0.3, -0.25) is 4.79 Å². The predicted molar refractivity (Wildman–Crippen MR) is 49.9 cm³/mol. The number of alkyl halides is 3. The lowest BCUT2D eigenvalue weighted by atomic mass is 10.1. The van der Waals surface area contributed by atoms with Crippen LogP contribution in [-0.2, 0) is 19.1 Å². The Morgan fingerprint density at radius 3 is 2.41 bits per heavy atom. The van der Waals surface area contributed by atoms with Crippen LogP contribution in [0.3, 0.4) is 0 Å². The largest absolute Gasteiger partial charge is 0.471 e. The number of ether oxygens (including phenoxy) is 1. The van der Waals surface area contributed by atoms with Crippen LogP contribution in [0.5, 0.6) is 0 Å². The monoisotopic (exact) mass is 255 g/mol. The minimum absolute atomic E-state index is 0.0295. The molecule has 1 atom stereocenters. The molecule has 8 heteroatoms. The lowest BCUT2D eigenvalue weighted by Crippen LogP contribution is -2.47. The van der Waals surface area contributed by atoms with Crippen LogP contribution < -0.4 is 5.32 Å². The van der Waals surface area contributed by atoms with Gasteiger partial charge in [0.15, 0.2) is 0 Å². The topological polar surface area (TPSA) is 72.5 Å². The quantitative estimate of drug-likeness (QED) is 0.556. The molecule has 1 amide bonds. The predicted octanol–water partition coefficient (Wildman–Crippen LogP) is 0.576. The van der Waals surface area contributed by atoms with E-state index in [9.17, 15) is 27.6 Å². The first-order valence-corrected chi connectivity index (χ1v) is 4.80. The molecule has 5 nitrogen and oxygen atoms in total. The lowest BCUT2D eigenvalue weighted by molar-refractivity contribution is -0.176. The van der Waals surface area contributed by atoms with Gasteiger partial charge < -0.3 is 14.8 Å². The Bertz CT molecular complexity index is 290. The third kappa shape index (κ3) is 5.88. The van der Waals surface area contributed by atoms with Gasteiger partial charge >= 0.3 is 18.1 Å². The molecular formula is C9H12F3NO4. The van der Waals surface area contributed by atoms with Gasteiger partial charge in [-0.2, -0.15) is 13.2 Å². The van der Waals surface area contributed by atoms with Gasteiger partial charge in [-0.15, -0.1) is 0 Å². The fraction of sp³-hybridized carbons (Fsp3) is 0.667. The molecule has 0 rings (SSSR count). The van der Waals surface area contributed by atoms with Gasteiger partial charge in [-0.25, -0.2) is 4.79 Å². The third-order valence-electron chi connectivity index (χ3n) is 1.71. The summed E-state index contributed by atoms with van der Waals surface area (Å²) in [5, 5.41) is 1.48. The van der Waals surface area contributed by atoms with E-state index in [4.69, 9.17) is 0 Å². The van der Waals surface area contributed by atoms with Gasteiger partial charge in [-0.05, 0) is 13.3 Å². The van der Waals surface area contributed by atoms with Gasteiger partial charge in [0.25, 0.3) is 0 Å². The van der Waals surface area contributed by atoms with Gasteiger partial charge in [0, 0.05) is 6.42 Å². The van der Waals surface area contributed by atoms with Crippen LogP contribution in [0.4, 0.5) is 13.2 Å². The molecule has 0 unspecified atom stereocenters. The van der Waals surface area contributed by atoms with E-state index in [0.717, 1.165) is 0 Å². The number of esters is 1. The van der Waals surface area contributed by atoms with Crippen LogP contribution in [0.2, 0.25) is 0 Å². The van der Waals surface area contributed by atoms with E-state index >= 15 is 0 Å². The number of rotatable bonds is 6. The van der Waals surface area contributed by atoms with Gasteiger partial charge in [0.05, 0.1) is 6.61 Å². The van der Waals surface area contributed by atoms with Crippen LogP contribution in [0.15, 0.2) is 0 Å². The molecule has 0 heterocycles. The molecule has 0 aliphatic carbocycles. The van der Waals surface area contributed by atoms with Crippen LogP contribution in [-0.4, -0.2) is 37.0 Å². The normalized spacial score (nSPS) is 12.7. The fourth-order valence-electron chi connectivity index (χ4n) is 0.967. The van der Waals surface area contributed by atoms with Crippen molar-refractivity contribution in [3.8, 4) is 0 Å². The highest BCUT2D eigenvalue weighted by atomic mass is 19.4. The Balaban J connectivity index is 4.53. The average Bonchev–Trinajstić information content (AvgIpc) is 2.22. The molecule has 0 saturated carbocycles. The van der Waals surface area contributed by atoms with E-state index in [0.29, 0.717) is 6.29 Å². The number of aldehydes is 1. The third-order valence-corrected chi connectivity index (χ3v) is 1.71. The Labute approximate surface area is 95.3 Å². The summed E-state index contributed by atoms with van der Waals surface area (Å²) in [4.78, 5) is 31.9. The first-order chi connectivity index (χ1) is 7.82. The Hall–Kier alpha value is -1.60. The Morgan fingerprint density at radius 1 is 1.41 bits per heavy atom. The molecule has 0 bridgehead atoms. The number of nitrogens with one attached hydrogen (secondary N) is 1. The minimum Gasteiger partial charge on any atom is -0.464 e. The van der Waals surface area contributed by atoms with E-state index in [-0.39, 0.29) is 19.4 Å². The molecule has 17 heavy (non-hydrogen) atoms. The number of carbonyl (C=O) groups is 3. The minimum atomic E-state index is -5.08. The number of hydrogen-bond donors (Lipinski definition) is 1. The summed E-state index contributed by atoms with van der Waals surface area (Å²) >= 11 is 0. The lowest BCUT2D eigenvalue weighted by Gasteiger charge is -2.17. The molecule has 0 aromatic rings. The maximum absolute atomic E-state index is 11.9. The van der Waals surface area contributed by atoms with E-state index in [1.807, 2.05) is 0 Å². The molecule has 1 N–H and O–H groups in total. The summed E-state index contributed by atoms with van der Waals surface area (Å²) in [5.41, 5.74) is 0. The summed E-state index contributed by atoms with van der Waals surface area (Å²) in [7, 11) is 0. The fourth-order valence-corrected chi connectivity index (χ4v) is 0.967. The second-order valence-electron chi connectivity index (χ2n) is 3.02. The highest BCUT2D eigenvalue weighted by molar-refractivity contribution is 5.87. The van der Waals surface area contributed by atoms with Gasteiger partial charge in [0.2, 0.25) is 0 Å². The van der Waals surface area contributed by atoms with E-state index in [1.165, 1.54) is 12.2 Å². The van der Waals surface area contributed by atoms with Crippen LogP contribution in [0.1, 0.15) is 19.8 Å². The number of carbonyl (C=O) groups excluding carboxylic acids is 3. The van der Waals surface area contributed by atoms with Crippen molar-refractivity contribution in [2.75, 3.05) is 6.61 Å². The SMILES string of the molecule is CCOC(=O)[C@H](CCC=O)NC(=O)C(F)(F)F. The zero-order valence-corrected chi connectivity index (χ0v) is 9.04. The highest BCUT2D eigenvalue weighted by Crippen LogP contribution is 2.15. The maximum atomic E-state index is 11.9. The number of halogens is 3. The van der Waals surface area contributed by atoms with E-state index in [1.54, 1.807) is 0 Å². The van der Waals surface area contributed by atoms with Gasteiger partial charge in [0.1, 0.15) is 12.3 Å². The average molecular weight is 255 g/mol. The van der Waals surface area contributed by atoms with Crippen LogP contribution in [0, 0.1) is 0 Å². The number of hydrogen-bond acceptors (Lipinski definition) is 4. The second kappa shape index (κ2) is 6.87. The van der Waals surface area contributed by atoms with Crippen LogP contribution >= 0.6 is 0 Å². The summed E-state index contributed by atoms with van der Waals surface area (Å²) in [5.74, 6) is -3.23. The smallest absolute Gasteiger partial charge is 0.464 e. The molecule has 0 aliphatic rings. The summed E-state index contributed by atoms with van der Waals surface area (Å²) < 4.78 is 40.3. The summed E-state index contributed by atoms with van der Waals surface area (Å²) in [6.07, 6.45) is -5.02. The van der Waals surface area contributed by atoms with E-state index in [2.05, 4.69) is 4.74 Å². The van der Waals surface area contributed by atoms with Crippen molar-refractivity contribution in [2.24, 2.45) is 0 Å². The van der Waals surface area contributed by atoms with Crippen molar-refractivity contribution in [3.63, 3.8) is 0 Å². The standard InChI is InChI=1S/C9H12F3NO4/c1-2-17-7(15)6(4-3-5-14)13-8(16)9(10,11)12/h5-6H,2-4H2,1H3,(H,13,16)/t6-/m0/s1. The molecule has 0 aliphatic heterocycles. The van der Waals surface area contributed by atoms with Gasteiger partial charge in [-0.1, -0.05) is 0 Å². The molecule has 0 radical (unpaired) electrons. The van der Waals surface area contributed by atoms with Crippen molar-refractivity contribution in [3.05, 3.63) is 0 Å².